The molecule has 0 bridgehead atoms. The quantitative estimate of drug-likeness (QED) is 0.361. The average Bonchev–Trinajstić information content (AvgIpc) is 3.66. The van der Waals surface area contributed by atoms with Crippen molar-refractivity contribution in [3.63, 3.8) is 0 Å². The number of aryl methyl sites for hydroxylation is 1. The Balaban J connectivity index is 1.46. The molecule has 1 aliphatic rings. The summed E-state index contributed by atoms with van der Waals surface area (Å²) in [5.41, 5.74) is 1.29. The van der Waals surface area contributed by atoms with Crippen molar-refractivity contribution in [1.82, 2.24) is 25.5 Å². The van der Waals surface area contributed by atoms with Crippen LogP contribution in [0.2, 0.25) is 5.02 Å². The molecule has 37 heavy (non-hydrogen) atoms. The summed E-state index contributed by atoms with van der Waals surface area (Å²) in [4.78, 5) is 30.2. The molecule has 0 radical (unpaired) electrons. The Hall–Kier alpha value is -3.98. The van der Waals surface area contributed by atoms with E-state index in [0.29, 0.717) is 28.1 Å². The van der Waals surface area contributed by atoms with Crippen molar-refractivity contribution in [1.29, 1.82) is 0 Å². The van der Waals surface area contributed by atoms with Crippen LogP contribution in [0.3, 0.4) is 0 Å². The van der Waals surface area contributed by atoms with E-state index in [-0.39, 0.29) is 24.4 Å². The van der Waals surface area contributed by atoms with E-state index in [1.165, 1.54) is 9.70 Å². The number of anilines is 1. The number of nitrogens with one attached hydrogen (secondary N) is 1. The van der Waals surface area contributed by atoms with E-state index in [4.69, 9.17) is 16.0 Å². The number of rotatable bonds is 8. The molecule has 9 nitrogen and oxygen atoms in total. The molecule has 1 fully saturated rings. The minimum atomic E-state index is -0.997. The Morgan fingerprint density at radius 3 is 2.49 bits per heavy atom. The van der Waals surface area contributed by atoms with Gasteiger partial charge < -0.3 is 9.73 Å². The molecule has 1 N–H and O–H groups in total. The van der Waals surface area contributed by atoms with Gasteiger partial charge in [-0.1, -0.05) is 42.6 Å². The van der Waals surface area contributed by atoms with Gasteiger partial charge in [-0.05, 0) is 73.5 Å². The topological polar surface area (TPSA) is 106 Å². The Bertz CT molecular complexity index is 1360. The summed E-state index contributed by atoms with van der Waals surface area (Å²) in [7, 11) is 0. The summed E-state index contributed by atoms with van der Waals surface area (Å²) < 4.78 is 5.89. The van der Waals surface area contributed by atoms with E-state index in [1.54, 1.807) is 48.5 Å². The molecular formula is C27H27ClN6O3. The first-order chi connectivity index (χ1) is 18.0. The van der Waals surface area contributed by atoms with Gasteiger partial charge in [0.1, 0.15) is 18.1 Å². The van der Waals surface area contributed by atoms with Crippen LogP contribution in [0.15, 0.2) is 71.1 Å². The van der Waals surface area contributed by atoms with Gasteiger partial charge in [-0.15, -0.1) is 10.2 Å². The van der Waals surface area contributed by atoms with Gasteiger partial charge in [-0.3, -0.25) is 14.5 Å². The van der Waals surface area contributed by atoms with E-state index in [9.17, 15) is 9.59 Å². The molecule has 1 atom stereocenters. The Morgan fingerprint density at radius 2 is 1.81 bits per heavy atom. The lowest BCUT2D eigenvalue weighted by atomic mass is 10.1. The van der Waals surface area contributed by atoms with Crippen LogP contribution in [0.1, 0.15) is 43.2 Å². The fourth-order valence-corrected chi connectivity index (χ4v) is 4.70. The highest BCUT2D eigenvalue weighted by Crippen LogP contribution is 2.30. The number of carbonyl (C=O) groups excluding carboxylic acids is 2. The van der Waals surface area contributed by atoms with Crippen molar-refractivity contribution < 1.29 is 14.0 Å². The Morgan fingerprint density at radius 1 is 1.08 bits per heavy atom. The van der Waals surface area contributed by atoms with E-state index in [1.807, 2.05) is 25.1 Å². The first kappa shape index (κ1) is 24.7. The van der Waals surface area contributed by atoms with Crippen molar-refractivity contribution in [3.8, 4) is 11.4 Å². The lowest BCUT2D eigenvalue weighted by Crippen LogP contribution is -2.47. The second-order valence-electron chi connectivity index (χ2n) is 9.09. The van der Waals surface area contributed by atoms with E-state index < -0.39 is 6.04 Å². The lowest BCUT2D eigenvalue weighted by molar-refractivity contribution is -0.128. The molecule has 1 saturated carbocycles. The Labute approximate surface area is 219 Å². The maximum atomic E-state index is 13.8. The van der Waals surface area contributed by atoms with Crippen LogP contribution in [0.25, 0.3) is 11.4 Å². The molecule has 0 saturated heterocycles. The number of hydrogen-bond acceptors (Lipinski definition) is 6. The normalized spacial score (nSPS) is 14.4. The van der Waals surface area contributed by atoms with Crippen molar-refractivity contribution in [2.24, 2.45) is 0 Å². The second kappa shape index (κ2) is 11.0. The van der Waals surface area contributed by atoms with Crippen LogP contribution in [-0.4, -0.2) is 38.1 Å². The van der Waals surface area contributed by atoms with Gasteiger partial charge >= 0.3 is 0 Å². The number of furan rings is 1. The van der Waals surface area contributed by atoms with Gasteiger partial charge in [0.15, 0.2) is 6.04 Å². The second-order valence-corrected chi connectivity index (χ2v) is 9.53. The third kappa shape index (κ3) is 5.72. The monoisotopic (exact) mass is 518 g/mol. The SMILES string of the molecule is Cc1ccc([C@@H](C(=O)NC2CCCC2)N(C(=O)Cn2nnc(-c3ccc(Cl)cc3)n2)c2ccccc2)o1. The first-order valence-corrected chi connectivity index (χ1v) is 12.6. The predicted octanol–water partition coefficient (Wildman–Crippen LogP) is 4.73. The number of benzene rings is 2. The van der Waals surface area contributed by atoms with Gasteiger partial charge in [-0.25, -0.2) is 0 Å². The molecule has 2 heterocycles. The third-order valence-electron chi connectivity index (χ3n) is 6.37. The standard InChI is InChI=1S/C27H27ClN6O3/c1-18-11-16-23(37-18)25(27(36)29-21-7-5-6-8-21)34(22-9-3-2-4-10-22)24(35)17-33-31-26(30-32-33)19-12-14-20(28)15-13-19/h2-4,9-16,21,25H,5-8,17H2,1H3,(H,29,36)/t25-/m0/s1. The van der Waals surface area contributed by atoms with Crippen molar-refractivity contribution in [2.45, 2.75) is 51.2 Å². The third-order valence-corrected chi connectivity index (χ3v) is 6.63. The lowest BCUT2D eigenvalue weighted by Gasteiger charge is -2.30. The molecule has 5 rings (SSSR count). The highest BCUT2D eigenvalue weighted by atomic mass is 35.5. The van der Waals surface area contributed by atoms with E-state index >= 15 is 0 Å². The van der Waals surface area contributed by atoms with E-state index in [0.717, 1.165) is 31.2 Å². The van der Waals surface area contributed by atoms with E-state index in [2.05, 4.69) is 20.7 Å². The number of para-hydroxylation sites is 1. The summed E-state index contributed by atoms with van der Waals surface area (Å²) in [6, 6.07) is 18.7. The molecule has 0 spiro atoms. The Kier molecular flexibility index (Phi) is 7.32. The average molecular weight is 519 g/mol. The fraction of sp³-hybridized carbons (Fsp3) is 0.296. The van der Waals surface area contributed by atoms with Crippen molar-refractivity contribution in [3.05, 3.63) is 83.3 Å². The fourth-order valence-electron chi connectivity index (χ4n) is 4.57. The van der Waals surface area contributed by atoms with Gasteiger partial charge in [0.05, 0.1) is 0 Å². The molecule has 1 aliphatic carbocycles. The van der Waals surface area contributed by atoms with Crippen LogP contribution in [0.5, 0.6) is 0 Å². The summed E-state index contributed by atoms with van der Waals surface area (Å²) in [5.74, 6) is 0.741. The zero-order valence-electron chi connectivity index (χ0n) is 20.4. The number of halogens is 1. The van der Waals surface area contributed by atoms with Crippen LogP contribution in [0, 0.1) is 6.92 Å². The van der Waals surface area contributed by atoms with Gasteiger partial charge in [0.25, 0.3) is 11.8 Å². The molecule has 190 valence electrons. The maximum Gasteiger partial charge on any atom is 0.251 e. The highest BCUT2D eigenvalue weighted by Gasteiger charge is 2.36. The van der Waals surface area contributed by atoms with Crippen LogP contribution >= 0.6 is 11.6 Å². The smallest absolute Gasteiger partial charge is 0.251 e. The highest BCUT2D eigenvalue weighted by molar-refractivity contribution is 6.30. The number of amides is 2. The minimum absolute atomic E-state index is 0.0812. The number of carbonyl (C=O) groups is 2. The number of hydrogen-bond donors (Lipinski definition) is 1. The maximum absolute atomic E-state index is 13.8. The first-order valence-electron chi connectivity index (χ1n) is 12.3. The van der Waals surface area contributed by atoms with Crippen LogP contribution in [0.4, 0.5) is 5.69 Å². The zero-order valence-corrected chi connectivity index (χ0v) is 21.1. The van der Waals surface area contributed by atoms with Gasteiger partial charge in [0, 0.05) is 22.3 Å². The molecular weight excluding hydrogens is 492 g/mol. The largest absolute Gasteiger partial charge is 0.464 e. The van der Waals surface area contributed by atoms with Gasteiger partial charge in [0.2, 0.25) is 5.82 Å². The molecule has 10 heteroatoms. The number of tetrazole rings is 1. The zero-order chi connectivity index (χ0) is 25.8. The number of aromatic nitrogens is 4. The molecule has 2 aromatic carbocycles. The summed E-state index contributed by atoms with van der Waals surface area (Å²) in [6.45, 7) is 1.59. The molecule has 0 unspecified atom stereocenters. The predicted molar refractivity (Wildman–Crippen MR) is 139 cm³/mol. The molecule has 0 aliphatic heterocycles. The van der Waals surface area contributed by atoms with Gasteiger partial charge in [-0.2, -0.15) is 4.80 Å². The van der Waals surface area contributed by atoms with Crippen molar-refractivity contribution >= 4 is 29.1 Å². The van der Waals surface area contributed by atoms with Crippen LogP contribution < -0.4 is 10.2 Å². The van der Waals surface area contributed by atoms with Crippen LogP contribution in [-0.2, 0) is 16.1 Å². The molecule has 2 aromatic heterocycles. The summed E-state index contributed by atoms with van der Waals surface area (Å²) in [6.07, 6.45) is 3.99. The number of nitrogens with zero attached hydrogens (tertiary/aromatic N) is 5. The molecule has 2 amide bonds. The minimum Gasteiger partial charge on any atom is -0.464 e. The van der Waals surface area contributed by atoms with Crippen molar-refractivity contribution in [2.75, 3.05) is 4.90 Å². The summed E-state index contributed by atoms with van der Waals surface area (Å²) >= 11 is 5.97. The summed E-state index contributed by atoms with van der Waals surface area (Å²) in [5, 5.41) is 16.2. The molecule has 4 aromatic rings.